The van der Waals surface area contributed by atoms with E-state index in [1.54, 1.807) is 0 Å². The van der Waals surface area contributed by atoms with Crippen molar-refractivity contribution < 1.29 is 14.2 Å². The third-order valence-corrected chi connectivity index (χ3v) is 8.98. The predicted octanol–water partition coefficient (Wildman–Crippen LogP) is 4.90. The first-order chi connectivity index (χ1) is 14.7. The first-order valence-corrected chi connectivity index (χ1v) is 13.3. The van der Waals surface area contributed by atoms with E-state index < -0.39 is 13.0 Å². The second-order valence-corrected chi connectivity index (χ2v) is 12.2. The fourth-order valence-corrected chi connectivity index (χ4v) is 6.43. The van der Waals surface area contributed by atoms with Gasteiger partial charge >= 0.3 is 0 Å². The van der Waals surface area contributed by atoms with Crippen molar-refractivity contribution in [3.05, 3.63) is 30.1 Å². The van der Waals surface area contributed by atoms with Crippen LogP contribution in [0.5, 0.6) is 5.88 Å². The van der Waals surface area contributed by atoms with Gasteiger partial charge in [-0.15, -0.1) is 0 Å². The number of allylic oxidation sites excluding steroid dienone is 3. The third kappa shape index (κ3) is 4.78. The highest BCUT2D eigenvalue weighted by molar-refractivity contribution is 7.57. The zero-order chi connectivity index (χ0) is 22.2. The molecule has 1 aliphatic heterocycles. The van der Waals surface area contributed by atoms with Gasteiger partial charge in [0.2, 0.25) is 13.2 Å². The van der Waals surface area contributed by atoms with Gasteiger partial charge in [0.05, 0.1) is 5.71 Å². The van der Waals surface area contributed by atoms with Gasteiger partial charge in [-0.25, -0.2) is 9.98 Å². The number of ether oxygens (including phenoxy) is 1. The average Bonchev–Trinajstić information content (AvgIpc) is 2.73. The Hall–Kier alpha value is -1.98. The number of rotatable bonds is 5. The highest BCUT2D eigenvalue weighted by atomic mass is 31.2. The molecule has 0 bridgehead atoms. The molecule has 7 nitrogen and oxygen atoms in total. The third-order valence-electron chi connectivity index (χ3n) is 6.90. The molecular formula is C23H33N4O3P. The van der Waals surface area contributed by atoms with Crippen molar-refractivity contribution in [2.45, 2.75) is 58.5 Å². The Balaban J connectivity index is 1.42. The largest absolute Gasteiger partial charge is 0.463 e. The first-order valence-electron chi connectivity index (χ1n) is 11.3. The van der Waals surface area contributed by atoms with Crippen LogP contribution in [0.3, 0.4) is 0 Å². The summed E-state index contributed by atoms with van der Waals surface area (Å²) in [6.45, 7) is 5.79. The van der Waals surface area contributed by atoms with Crippen LogP contribution in [0.1, 0.15) is 52.9 Å². The van der Waals surface area contributed by atoms with Gasteiger partial charge in [-0.2, -0.15) is 4.98 Å². The van der Waals surface area contributed by atoms with Crippen LogP contribution < -0.4 is 10.5 Å². The van der Waals surface area contributed by atoms with Gasteiger partial charge in [-0.05, 0) is 69.3 Å². The highest BCUT2D eigenvalue weighted by Crippen LogP contribution is 2.47. The molecule has 0 spiro atoms. The molecule has 2 atom stereocenters. The molecule has 3 aliphatic rings. The second-order valence-electron chi connectivity index (χ2n) is 9.53. The van der Waals surface area contributed by atoms with Gasteiger partial charge in [-0.3, -0.25) is 4.57 Å². The molecule has 8 heteroatoms. The number of anilines is 1. The fourth-order valence-electron chi connectivity index (χ4n) is 5.00. The predicted molar refractivity (Wildman–Crippen MR) is 124 cm³/mol. The molecule has 0 radical (unpaired) electrons. The topological polar surface area (TPSA) is 111 Å². The summed E-state index contributed by atoms with van der Waals surface area (Å²) in [6, 6.07) is 0. The van der Waals surface area contributed by atoms with Gasteiger partial charge in [0.15, 0.2) is 11.5 Å². The van der Waals surface area contributed by atoms with Gasteiger partial charge < -0.3 is 15.4 Å². The van der Waals surface area contributed by atoms with E-state index in [1.165, 1.54) is 6.33 Å². The highest BCUT2D eigenvalue weighted by Gasteiger charge is 2.37. The van der Waals surface area contributed by atoms with Gasteiger partial charge in [0, 0.05) is 12.3 Å². The lowest BCUT2D eigenvalue weighted by Gasteiger charge is -2.35. The Morgan fingerprint density at radius 3 is 2.65 bits per heavy atom. The molecule has 1 saturated carbocycles. The van der Waals surface area contributed by atoms with E-state index in [-0.39, 0.29) is 0 Å². The van der Waals surface area contributed by atoms with Crippen molar-refractivity contribution >= 4 is 24.6 Å². The van der Waals surface area contributed by atoms with Crippen molar-refractivity contribution in [1.29, 1.82) is 0 Å². The minimum atomic E-state index is -2.92. The van der Waals surface area contributed by atoms with E-state index >= 15 is 0 Å². The van der Waals surface area contributed by atoms with Gasteiger partial charge in [-0.1, -0.05) is 25.2 Å². The SMILES string of the molecule is CCP(=O)(O)C[C@H]1CC[C@H](C2C=CC(C3=Nc4c(N)ncnc4OC3(C)C)=CC2)CC1. The lowest BCUT2D eigenvalue weighted by Crippen LogP contribution is -2.41. The molecule has 168 valence electrons. The van der Waals surface area contributed by atoms with Crippen LogP contribution in [0, 0.1) is 17.8 Å². The van der Waals surface area contributed by atoms with E-state index in [1.807, 2.05) is 20.8 Å². The molecule has 1 fully saturated rings. The second kappa shape index (κ2) is 8.51. The number of hydrogen-bond donors (Lipinski definition) is 2. The van der Waals surface area contributed by atoms with Crippen molar-refractivity contribution in [3.63, 3.8) is 0 Å². The van der Waals surface area contributed by atoms with E-state index in [2.05, 4.69) is 28.2 Å². The number of nitrogens with two attached hydrogens (primary N) is 1. The van der Waals surface area contributed by atoms with Crippen molar-refractivity contribution in [2.75, 3.05) is 18.1 Å². The monoisotopic (exact) mass is 444 g/mol. The summed E-state index contributed by atoms with van der Waals surface area (Å²) in [4.78, 5) is 23.0. The fraction of sp³-hybridized carbons (Fsp3) is 0.609. The summed E-state index contributed by atoms with van der Waals surface area (Å²) < 4.78 is 18.2. The van der Waals surface area contributed by atoms with E-state index in [0.717, 1.165) is 43.4 Å². The van der Waals surface area contributed by atoms with Crippen LogP contribution >= 0.6 is 7.37 Å². The molecule has 2 heterocycles. The number of nitrogens with zero attached hydrogens (tertiary/aromatic N) is 3. The summed E-state index contributed by atoms with van der Waals surface area (Å²) in [7, 11) is -2.92. The maximum atomic E-state index is 12.1. The zero-order valence-corrected chi connectivity index (χ0v) is 19.5. The maximum Gasteiger partial charge on any atom is 0.246 e. The quantitative estimate of drug-likeness (QED) is 0.625. The van der Waals surface area contributed by atoms with Crippen LogP contribution in [-0.2, 0) is 4.57 Å². The van der Waals surface area contributed by atoms with Crippen molar-refractivity contribution in [2.24, 2.45) is 22.7 Å². The number of nitrogen functional groups attached to an aromatic ring is 1. The molecule has 1 aromatic rings. The molecule has 0 aromatic carbocycles. The van der Waals surface area contributed by atoms with Crippen LogP contribution in [0.25, 0.3) is 0 Å². The number of hydrogen-bond acceptors (Lipinski definition) is 6. The normalized spacial score (nSPS) is 29.2. The molecule has 4 rings (SSSR count). The van der Waals surface area contributed by atoms with E-state index in [0.29, 0.717) is 47.5 Å². The number of aromatic nitrogens is 2. The number of fused-ring (bicyclic) bond motifs is 1. The summed E-state index contributed by atoms with van der Waals surface area (Å²) in [5.74, 6) is 2.28. The molecule has 0 saturated heterocycles. The van der Waals surface area contributed by atoms with Crippen LogP contribution in [0.4, 0.5) is 11.5 Å². The van der Waals surface area contributed by atoms with Crippen LogP contribution in [0.15, 0.2) is 35.1 Å². The van der Waals surface area contributed by atoms with Crippen molar-refractivity contribution in [1.82, 2.24) is 9.97 Å². The van der Waals surface area contributed by atoms with E-state index in [9.17, 15) is 9.46 Å². The van der Waals surface area contributed by atoms with Crippen LogP contribution in [0.2, 0.25) is 0 Å². The molecule has 1 aromatic heterocycles. The molecule has 31 heavy (non-hydrogen) atoms. The minimum absolute atomic E-state index is 0.323. The lowest BCUT2D eigenvalue weighted by atomic mass is 9.73. The summed E-state index contributed by atoms with van der Waals surface area (Å²) in [6.07, 6.45) is 14.3. The smallest absolute Gasteiger partial charge is 0.246 e. The molecule has 0 amide bonds. The molecule has 3 N–H and O–H groups in total. The first kappa shape index (κ1) is 22.2. The lowest BCUT2D eigenvalue weighted by molar-refractivity contribution is 0.171. The molecular weight excluding hydrogens is 411 g/mol. The zero-order valence-electron chi connectivity index (χ0n) is 18.6. The standard InChI is InChI=1S/C23H33N4O3P/c1-4-31(28,29)13-15-5-7-16(8-6-15)17-9-11-18(12-10-17)20-23(2,3)30-22-19(27-20)21(24)25-14-26-22/h9,11-12,14-17H,4-8,10,13H2,1-3H3,(H,28,29)(H2,24,25,26)/t15-,16-,17?. The summed E-state index contributed by atoms with van der Waals surface area (Å²) in [5.41, 5.74) is 7.79. The van der Waals surface area contributed by atoms with Gasteiger partial charge in [0.1, 0.15) is 11.9 Å². The van der Waals surface area contributed by atoms with Crippen molar-refractivity contribution in [3.8, 4) is 5.88 Å². The maximum absolute atomic E-state index is 12.1. The summed E-state index contributed by atoms with van der Waals surface area (Å²) in [5, 5.41) is 0. The van der Waals surface area contributed by atoms with Crippen LogP contribution in [-0.4, -0.2) is 38.5 Å². The number of aliphatic imine (C=N–C) groups is 1. The summed E-state index contributed by atoms with van der Waals surface area (Å²) >= 11 is 0. The van der Waals surface area contributed by atoms with Gasteiger partial charge in [0.25, 0.3) is 0 Å². The Kier molecular flexibility index (Phi) is 6.10. The Morgan fingerprint density at radius 1 is 1.26 bits per heavy atom. The average molecular weight is 445 g/mol. The Bertz CT molecular complexity index is 977. The molecule has 2 aliphatic carbocycles. The Morgan fingerprint density at radius 2 is 2.00 bits per heavy atom. The minimum Gasteiger partial charge on any atom is -0.463 e. The van der Waals surface area contributed by atoms with E-state index in [4.69, 9.17) is 15.5 Å². The Labute approximate surface area is 184 Å². The molecule has 2 unspecified atom stereocenters.